The molecular weight excluding hydrogens is 270 g/mol. The average molecular weight is 280 g/mol. The second-order valence-corrected chi connectivity index (χ2v) is 3.77. The number of hydrogen-bond acceptors (Lipinski definition) is 3. The van der Waals surface area contributed by atoms with Crippen molar-refractivity contribution in [2.75, 3.05) is 5.32 Å². The fourth-order valence-electron chi connectivity index (χ4n) is 0.952. The highest BCUT2D eigenvalue weighted by Gasteiger charge is 2.05. The third-order valence-corrected chi connectivity index (χ3v) is 1.94. The molecule has 0 aromatic heterocycles. The van der Waals surface area contributed by atoms with Crippen LogP contribution < -0.4 is 5.32 Å². The lowest BCUT2D eigenvalue weighted by molar-refractivity contribution is -0.110. The Morgan fingerprint density at radius 2 is 1.81 bits per heavy atom. The zero-order chi connectivity index (χ0) is 12.0. The molecule has 82 valence electrons. The lowest BCUT2D eigenvalue weighted by Gasteiger charge is -2.02. The summed E-state index contributed by atoms with van der Waals surface area (Å²) >= 11 is 2.89. The number of para-hydroxylation sites is 1. The van der Waals surface area contributed by atoms with Crippen LogP contribution >= 0.6 is 15.9 Å². The van der Waals surface area contributed by atoms with Crippen LogP contribution in [-0.2, 0) is 4.79 Å². The van der Waals surface area contributed by atoms with Gasteiger partial charge in [0.1, 0.15) is 5.71 Å². The Morgan fingerprint density at radius 1 is 1.19 bits per heavy atom. The van der Waals surface area contributed by atoms with E-state index in [-0.39, 0.29) is 10.3 Å². The molecule has 1 aromatic carbocycles. The quantitative estimate of drug-likeness (QED) is 0.728. The molecule has 0 fully saturated rings. The predicted molar refractivity (Wildman–Crippen MR) is 68.6 cm³/mol. The smallest absolute Gasteiger partial charge is 0.273 e. The van der Waals surface area contributed by atoms with Gasteiger partial charge in [0, 0.05) is 5.69 Å². The van der Waals surface area contributed by atoms with Crippen molar-refractivity contribution >= 4 is 37.9 Å². The van der Waals surface area contributed by atoms with Crippen molar-refractivity contribution < 1.29 is 4.79 Å². The molecule has 0 aliphatic rings. The van der Waals surface area contributed by atoms with Gasteiger partial charge in [0.05, 0.1) is 4.62 Å². The van der Waals surface area contributed by atoms with Crippen LogP contribution in [-0.4, -0.2) is 16.2 Å². The predicted octanol–water partition coefficient (Wildman–Crippen LogP) is 2.57. The Hall–Kier alpha value is -1.75. The fraction of sp³-hybridized carbons (Fsp3) is 0. The van der Waals surface area contributed by atoms with Crippen LogP contribution in [0, 0.1) is 10.8 Å². The molecule has 0 atom stereocenters. The van der Waals surface area contributed by atoms with Crippen LogP contribution in [0.5, 0.6) is 0 Å². The van der Waals surface area contributed by atoms with Gasteiger partial charge in [-0.2, -0.15) is 0 Å². The molecule has 0 bridgehead atoms. The average Bonchev–Trinajstić information content (AvgIpc) is 2.27. The molecule has 0 aliphatic heterocycles. The zero-order valence-corrected chi connectivity index (χ0v) is 9.91. The van der Waals surface area contributed by atoms with Gasteiger partial charge < -0.3 is 5.32 Å². The highest BCUT2D eigenvalue weighted by molar-refractivity contribution is 9.18. The first-order chi connectivity index (χ1) is 7.59. The van der Waals surface area contributed by atoms with Gasteiger partial charge in [-0.25, -0.2) is 0 Å². The van der Waals surface area contributed by atoms with Crippen LogP contribution in [0.1, 0.15) is 0 Å². The van der Waals surface area contributed by atoms with Crippen molar-refractivity contribution in [3.05, 3.63) is 42.5 Å². The lowest BCUT2D eigenvalue weighted by Crippen LogP contribution is -2.20. The van der Waals surface area contributed by atoms with Gasteiger partial charge in [0.2, 0.25) is 0 Å². The van der Waals surface area contributed by atoms with E-state index in [0.717, 1.165) is 0 Å². The minimum absolute atomic E-state index is 0.116. The van der Waals surface area contributed by atoms with Gasteiger partial charge in [-0.3, -0.25) is 15.6 Å². The summed E-state index contributed by atoms with van der Waals surface area (Å²) in [7, 11) is 0. The fourth-order valence-corrected chi connectivity index (χ4v) is 1.08. The van der Waals surface area contributed by atoms with E-state index in [1.54, 1.807) is 24.3 Å². The molecule has 16 heavy (non-hydrogen) atoms. The molecular formula is C11H10BrN3O. The van der Waals surface area contributed by atoms with Crippen molar-refractivity contribution in [3.8, 4) is 0 Å². The van der Waals surface area contributed by atoms with Crippen LogP contribution in [0.15, 0.2) is 42.5 Å². The molecule has 0 radical (unpaired) electrons. The lowest BCUT2D eigenvalue weighted by atomic mass is 10.3. The zero-order valence-electron chi connectivity index (χ0n) is 8.33. The third-order valence-electron chi connectivity index (χ3n) is 1.67. The summed E-state index contributed by atoms with van der Waals surface area (Å²) in [5.74, 6) is -0.504. The second kappa shape index (κ2) is 5.97. The number of carbonyl (C=O) groups is 1. The number of benzene rings is 1. The van der Waals surface area contributed by atoms with E-state index in [0.29, 0.717) is 5.69 Å². The number of nitrogens with one attached hydrogen (secondary N) is 3. The molecule has 0 saturated heterocycles. The summed E-state index contributed by atoms with van der Waals surface area (Å²) in [6, 6.07) is 8.91. The van der Waals surface area contributed by atoms with Gasteiger partial charge in [0.25, 0.3) is 5.91 Å². The van der Waals surface area contributed by atoms with Gasteiger partial charge >= 0.3 is 0 Å². The van der Waals surface area contributed by atoms with E-state index in [4.69, 9.17) is 10.8 Å². The molecule has 1 rings (SSSR count). The summed E-state index contributed by atoms with van der Waals surface area (Å²) in [6.07, 6.45) is 2.59. The highest BCUT2D eigenvalue weighted by Crippen LogP contribution is 2.04. The minimum atomic E-state index is -0.504. The number of halogens is 1. The number of anilines is 1. The topological polar surface area (TPSA) is 76.8 Å². The van der Waals surface area contributed by atoms with E-state index in [1.165, 1.54) is 12.2 Å². The van der Waals surface area contributed by atoms with E-state index >= 15 is 0 Å². The van der Waals surface area contributed by atoms with Gasteiger partial charge in [-0.05, 0) is 40.2 Å². The normalized spacial score (nSPS) is 10.1. The molecule has 0 spiro atoms. The summed E-state index contributed by atoms with van der Waals surface area (Å²) in [6.45, 7) is 0. The number of amides is 1. The first-order valence-corrected chi connectivity index (χ1v) is 5.26. The first-order valence-electron chi connectivity index (χ1n) is 4.46. The number of allylic oxidation sites excluding steroid dienone is 1. The second-order valence-electron chi connectivity index (χ2n) is 2.92. The van der Waals surface area contributed by atoms with Gasteiger partial charge in [0.15, 0.2) is 0 Å². The van der Waals surface area contributed by atoms with Crippen LogP contribution in [0.3, 0.4) is 0 Å². The van der Waals surface area contributed by atoms with Crippen LogP contribution in [0.4, 0.5) is 5.69 Å². The maximum atomic E-state index is 11.5. The van der Waals surface area contributed by atoms with Crippen molar-refractivity contribution in [2.24, 2.45) is 0 Å². The van der Waals surface area contributed by atoms with E-state index in [1.807, 2.05) is 6.07 Å². The molecule has 0 unspecified atom stereocenters. The standard InChI is InChI=1S/C11H10BrN3O/c12-10(14)7-6-9(13)11(16)15-8-4-2-1-3-5-8/h1-7,13-14H,(H,15,16)/b7-6-,13-9?,14-10?. The summed E-state index contributed by atoms with van der Waals surface area (Å²) in [4.78, 5) is 11.5. The van der Waals surface area contributed by atoms with E-state index in [2.05, 4.69) is 21.2 Å². The molecule has 5 heteroatoms. The molecule has 1 aromatic rings. The largest absolute Gasteiger partial charge is 0.321 e. The Bertz CT molecular complexity index is 440. The number of rotatable bonds is 4. The van der Waals surface area contributed by atoms with Crippen molar-refractivity contribution in [2.45, 2.75) is 0 Å². The SMILES string of the molecule is N=C(Br)/C=C\C(=N)C(=O)Nc1ccccc1. The third kappa shape index (κ3) is 4.18. The van der Waals surface area contributed by atoms with Gasteiger partial charge in [-0.15, -0.1) is 0 Å². The number of carbonyl (C=O) groups excluding carboxylic acids is 1. The summed E-state index contributed by atoms with van der Waals surface area (Å²) in [5, 5.41) is 17.0. The molecule has 3 N–H and O–H groups in total. The summed E-state index contributed by atoms with van der Waals surface area (Å²) < 4.78 is 0.116. The van der Waals surface area contributed by atoms with Crippen molar-refractivity contribution in [1.29, 1.82) is 10.8 Å². The van der Waals surface area contributed by atoms with Crippen LogP contribution in [0.2, 0.25) is 0 Å². The van der Waals surface area contributed by atoms with Crippen molar-refractivity contribution in [3.63, 3.8) is 0 Å². The Morgan fingerprint density at radius 3 is 2.38 bits per heavy atom. The highest BCUT2D eigenvalue weighted by atomic mass is 79.9. The Balaban J connectivity index is 2.60. The van der Waals surface area contributed by atoms with Gasteiger partial charge in [-0.1, -0.05) is 18.2 Å². The van der Waals surface area contributed by atoms with E-state index < -0.39 is 5.91 Å². The molecule has 0 aliphatic carbocycles. The molecule has 0 saturated carbocycles. The minimum Gasteiger partial charge on any atom is -0.321 e. The Labute approximate surface area is 102 Å². The molecule has 4 nitrogen and oxygen atoms in total. The maximum absolute atomic E-state index is 11.5. The molecule has 1 amide bonds. The maximum Gasteiger partial charge on any atom is 0.273 e. The van der Waals surface area contributed by atoms with Crippen LogP contribution in [0.25, 0.3) is 0 Å². The van der Waals surface area contributed by atoms with E-state index in [9.17, 15) is 4.79 Å². The summed E-state index contributed by atoms with van der Waals surface area (Å²) in [5.41, 5.74) is 0.438. The first kappa shape index (κ1) is 12.3. The monoisotopic (exact) mass is 279 g/mol. The number of hydrogen-bond donors (Lipinski definition) is 3. The Kier molecular flexibility index (Phi) is 4.60. The molecule has 0 heterocycles. The van der Waals surface area contributed by atoms with Crippen molar-refractivity contribution in [1.82, 2.24) is 0 Å².